The van der Waals surface area contributed by atoms with E-state index in [1.807, 2.05) is 19.9 Å². The Morgan fingerprint density at radius 3 is 2.30 bits per heavy atom. The molecular formula is C20H20F3NO3. The van der Waals surface area contributed by atoms with E-state index in [9.17, 15) is 18.0 Å². The van der Waals surface area contributed by atoms with Gasteiger partial charge >= 0.3 is 12.3 Å². The first-order valence-electron chi connectivity index (χ1n) is 8.39. The van der Waals surface area contributed by atoms with Crippen LogP contribution >= 0.6 is 0 Å². The van der Waals surface area contributed by atoms with Gasteiger partial charge in [0.05, 0.1) is 12.7 Å². The molecule has 0 aliphatic heterocycles. The Bertz CT molecular complexity index is 899. The molecule has 1 N–H and O–H groups in total. The van der Waals surface area contributed by atoms with Crippen LogP contribution < -0.4 is 4.74 Å². The number of carbonyl (C=O) groups is 1. The van der Waals surface area contributed by atoms with Crippen molar-refractivity contribution in [1.29, 1.82) is 0 Å². The summed E-state index contributed by atoms with van der Waals surface area (Å²) in [5.41, 5.74) is 3.02. The summed E-state index contributed by atoms with van der Waals surface area (Å²) in [5, 5.41) is 0.856. The molecule has 0 atom stereocenters. The molecule has 1 aromatic heterocycles. The Hall–Kier alpha value is -2.96. The zero-order valence-electron chi connectivity index (χ0n) is 15.2. The van der Waals surface area contributed by atoms with Gasteiger partial charge in [-0.15, -0.1) is 13.2 Å². The SMILES string of the molecule is CC.COC(=O)c1ccc2[nH]c(Cc3ccc(OC(F)(F)F)cc3)cc2c1. The Kier molecular flexibility index (Phi) is 6.50. The number of fused-ring (bicyclic) bond motifs is 1. The number of nitrogens with one attached hydrogen (secondary N) is 1. The Morgan fingerprint density at radius 1 is 1.04 bits per heavy atom. The lowest BCUT2D eigenvalue weighted by atomic mass is 10.1. The van der Waals surface area contributed by atoms with Crippen molar-refractivity contribution < 1.29 is 27.4 Å². The smallest absolute Gasteiger partial charge is 0.465 e. The van der Waals surface area contributed by atoms with Crippen LogP contribution in [0.25, 0.3) is 10.9 Å². The average Bonchev–Trinajstić information content (AvgIpc) is 3.04. The van der Waals surface area contributed by atoms with Crippen LogP contribution in [0.2, 0.25) is 0 Å². The van der Waals surface area contributed by atoms with E-state index in [4.69, 9.17) is 4.74 Å². The van der Waals surface area contributed by atoms with Crippen LogP contribution in [0.3, 0.4) is 0 Å². The summed E-state index contributed by atoms with van der Waals surface area (Å²) in [5.74, 6) is -0.666. The van der Waals surface area contributed by atoms with E-state index in [0.717, 1.165) is 22.2 Å². The van der Waals surface area contributed by atoms with Gasteiger partial charge in [0.1, 0.15) is 5.75 Å². The zero-order chi connectivity index (χ0) is 20.0. The van der Waals surface area contributed by atoms with Gasteiger partial charge in [-0.05, 0) is 42.0 Å². The van der Waals surface area contributed by atoms with Crippen LogP contribution in [0.1, 0.15) is 35.5 Å². The summed E-state index contributed by atoms with van der Waals surface area (Å²) in [6.45, 7) is 4.00. The number of carbonyl (C=O) groups excluding carboxylic acids is 1. The largest absolute Gasteiger partial charge is 0.573 e. The summed E-state index contributed by atoms with van der Waals surface area (Å²) < 4.78 is 45.0. The number of ether oxygens (including phenoxy) is 2. The van der Waals surface area contributed by atoms with Crippen molar-refractivity contribution in [3.63, 3.8) is 0 Å². The number of alkyl halides is 3. The van der Waals surface area contributed by atoms with Crippen LogP contribution in [-0.4, -0.2) is 24.4 Å². The van der Waals surface area contributed by atoms with Crippen LogP contribution in [-0.2, 0) is 11.2 Å². The van der Waals surface area contributed by atoms with Gasteiger partial charge in [0.25, 0.3) is 0 Å². The van der Waals surface area contributed by atoms with Gasteiger partial charge < -0.3 is 14.5 Å². The minimum atomic E-state index is -4.70. The Morgan fingerprint density at radius 2 is 1.70 bits per heavy atom. The Balaban J connectivity index is 0.00000126. The van der Waals surface area contributed by atoms with Gasteiger partial charge in [-0.1, -0.05) is 26.0 Å². The second-order valence-corrected chi connectivity index (χ2v) is 5.46. The zero-order valence-corrected chi connectivity index (χ0v) is 15.2. The van der Waals surface area contributed by atoms with Crippen molar-refractivity contribution in [2.24, 2.45) is 0 Å². The number of benzene rings is 2. The predicted octanol–water partition coefficient (Wildman–Crippen LogP) is 5.47. The predicted molar refractivity (Wildman–Crippen MR) is 96.9 cm³/mol. The lowest BCUT2D eigenvalue weighted by molar-refractivity contribution is -0.274. The maximum atomic E-state index is 12.2. The molecule has 3 rings (SSSR count). The molecule has 0 aliphatic carbocycles. The molecule has 2 aromatic carbocycles. The third-order valence-corrected chi connectivity index (χ3v) is 3.65. The third kappa shape index (κ3) is 5.51. The highest BCUT2D eigenvalue weighted by Gasteiger charge is 2.30. The molecule has 0 unspecified atom stereocenters. The molecule has 1 heterocycles. The average molecular weight is 379 g/mol. The number of H-pyrrole nitrogens is 1. The van der Waals surface area contributed by atoms with Crippen LogP contribution in [0, 0.1) is 0 Å². The first-order chi connectivity index (χ1) is 12.8. The third-order valence-electron chi connectivity index (χ3n) is 3.65. The second kappa shape index (κ2) is 8.62. The first-order valence-corrected chi connectivity index (χ1v) is 8.39. The summed E-state index contributed by atoms with van der Waals surface area (Å²) in [7, 11) is 1.32. The molecule has 0 bridgehead atoms. The van der Waals surface area contributed by atoms with Gasteiger partial charge in [-0.2, -0.15) is 0 Å². The van der Waals surface area contributed by atoms with E-state index in [2.05, 4.69) is 9.72 Å². The molecule has 0 saturated heterocycles. The van der Waals surface area contributed by atoms with Gasteiger partial charge in [-0.3, -0.25) is 0 Å². The van der Waals surface area contributed by atoms with Crippen LogP contribution in [0.15, 0.2) is 48.5 Å². The van der Waals surface area contributed by atoms with Crippen LogP contribution in [0.4, 0.5) is 13.2 Å². The van der Waals surface area contributed by atoms with Crippen molar-refractivity contribution >= 4 is 16.9 Å². The molecule has 0 saturated carbocycles. The standard InChI is InChI=1S/C18H14F3NO3.C2H6/c1-24-17(23)12-4-7-16-13(9-12)10-14(22-16)8-11-2-5-15(6-3-11)25-18(19,20)21;1-2/h2-7,9-10,22H,8H2,1H3;1-2H3. The van der Waals surface area contributed by atoms with Crippen molar-refractivity contribution in [2.75, 3.05) is 7.11 Å². The number of aromatic nitrogens is 1. The van der Waals surface area contributed by atoms with Gasteiger partial charge in [0.15, 0.2) is 0 Å². The number of aromatic amines is 1. The topological polar surface area (TPSA) is 51.3 Å². The van der Waals surface area contributed by atoms with Crippen molar-refractivity contribution in [3.8, 4) is 5.75 Å². The molecule has 0 aliphatic rings. The molecule has 144 valence electrons. The number of hydrogen-bond donors (Lipinski definition) is 1. The lowest BCUT2D eigenvalue weighted by Gasteiger charge is -2.09. The fourth-order valence-corrected chi connectivity index (χ4v) is 2.56. The number of rotatable bonds is 4. The maximum absolute atomic E-state index is 12.2. The molecule has 7 heteroatoms. The molecule has 0 radical (unpaired) electrons. The first kappa shape index (κ1) is 20.4. The summed E-state index contributed by atoms with van der Waals surface area (Å²) in [4.78, 5) is 14.8. The molecule has 3 aromatic rings. The van der Waals surface area contributed by atoms with Gasteiger partial charge in [-0.25, -0.2) is 4.79 Å². The molecule has 4 nitrogen and oxygen atoms in total. The highest BCUT2D eigenvalue weighted by Crippen LogP contribution is 2.24. The highest BCUT2D eigenvalue weighted by atomic mass is 19.4. The second-order valence-electron chi connectivity index (χ2n) is 5.46. The summed E-state index contributed by atoms with van der Waals surface area (Å²) >= 11 is 0. The molecule has 0 fully saturated rings. The van der Waals surface area contributed by atoms with Crippen molar-refractivity contribution in [2.45, 2.75) is 26.6 Å². The maximum Gasteiger partial charge on any atom is 0.573 e. The number of methoxy groups -OCH3 is 1. The fourth-order valence-electron chi connectivity index (χ4n) is 2.56. The van der Waals surface area contributed by atoms with Crippen molar-refractivity contribution in [1.82, 2.24) is 4.98 Å². The van der Waals surface area contributed by atoms with E-state index >= 15 is 0 Å². The quantitative estimate of drug-likeness (QED) is 0.612. The number of halogens is 3. The Labute approximate surface area is 154 Å². The molecular weight excluding hydrogens is 359 g/mol. The fraction of sp³-hybridized carbons (Fsp3) is 0.250. The summed E-state index contributed by atoms with van der Waals surface area (Å²) in [6, 6.07) is 12.8. The number of hydrogen-bond acceptors (Lipinski definition) is 3. The molecule has 27 heavy (non-hydrogen) atoms. The summed E-state index contributed by atoms with van der Waals surface area (Å²) in [6.07, 6.45) is -4.19. The minimum Gasteiger partial charge on any atom is -0.465 e. The van der Waals surface area contributed by atoms with E-state index in [1.54, 1.807) is 30.3 Å². The molecule has 0 amide bonds. The van der Waals surface area contributed by atoms with E-state index in [0.29, 0.717) is 12.0 Å². The monoisotopic (exact) mass is 379 g/mol. The molecule has 0 spiro atoms. The normalized spacial score (nSPS) is 10.9. The van der Waals surface area contributed by atoms with Crippen molar-refractivity contribution in [3.05, 3.63) is 65.4 Å². The van der Waals surface area contributed by atoms with Gasteiger partial charge in [0.2, 0.25) is 0 Å². The van der Waals surface area contributed by atoms with Crippen LogP contribution in [0.5, 0.6) is 5.75 Å². The van der Waals surface area contributed by atoms with Gasteiger partial charge in [0, 0.05) is 23.0 Å². The van der Waals surface area contributed by atoms with E-state index in [1.165, 1.54) is 19.2 Å². The number of esters is 1. The lowest BCUT2D eigenvalue weighted by Crippen LogP contribution is -2.17. The minimum absolute atomic E-state index is 0.254. The highest BCUT2D eigenvalue weighted by molar-refractivity contribution is 5.94. The van der Waals surface area contributed by atoms with E-state index < -0.39 is 12.3 Å². The van der Waals surface area contributed by atoms with E-state index in [-0.39, 0.29) is 5.75 Å².